The molecule has 8 rings (SSSR count). The summed E-state index contributed by atoms with van der Waals surface area (Å²) in [5.74, 6) is 1.71. The standard InChI is InChI=1S/C31H24N10O/c1-18-14-25-23(16-34-18)31(42)39(17-35-25)26-9-5-19-15-20(6-7-21(19)26)41-29(22-4-2-11-33-28(22)32)37-24-8-10-27(38-30(24)41)40-13-3-12-36-40/h2-4,6-8,10-17,26H,5,9H2,1H3,(H2,32,33). The van der Waals surface area contributed by atoms with E-state index < -0.39 is 0 Å². The lowest BCUT2D eigenvalue weighted by molar-refractivity contribution is 0.556. The van der Waals surface area contributed by atoms with Gasteiger partial charge in [-0.1, -0.05) is 6.07 Å². The lowest BCUT2D eigenvalue weighted by atomic mass is 10.1. The number of nitrogens with zero attached hydrogens (tertiary/aromatic N) is 9. The maximum atomic E-state index is 13.4. The smallest absolute Gasteiger partial charge is 0.263 e. The van der Waals surface area contributed by atoms with Gasteiger partial charge in [-0.25, -0.2) is 24.6 Å². The summed E-state index contributed by atoms with van der Waals surface area (Å²) in [4.78, 5) is 36.5. The molecule has 1 unspecified atom stereocenters. The van der Waals surface area contributed by atoms with Crippen LogP contribution in [0.5, 0.6) is 0 Å². The summed E-state index contributed by atoms with van der Waals surface area (Å²) in [5, 5.41) is 4.87. The molecule has 11 nitrogen and oxygen atoms in total. The Morgan fingerprint density at radius 2 is 1.88 bits per heavy atom. The largest absolute Gasteiger partial charge is 0.383 e. The number of nitrogens with two attached hydrogens (primary N) is 1. The zero-order chi connectivity index (χ0) is 28.4. The van der Waals surface area contributed by atoms with Gasteiger partial charge in [-0.15, -0.1) is 0 Å². The second-order valence-electron chi connectivity index (χ2n) is 10.4. The van der Waals surface area contributed by atoms with Crippen molar-refractivity contribution in [3.8, 4) is 22.9 Å². The van der Waals surface area contributed by atoms with Crippen molar-refractivity contribution in [1.29, 1.82) is 0 Å². The highest BCUT2D eigenvalue weighted by Crippen LogP contribution is 2.37. The highest BCUT2D eigenvalue weighted by atomic mass is 16.1. The number of hydrogen-bond donors (Lipinski definition) is 1. The number of aryl methyl sites for hydroxylation is 2. The summed E-state index contributed by atoms with van der Waals surface area (Å²) in [7, 11) is 0. The molecule has 1 aliphatic carbocycles. The molecule has 0 spiro atoms. The molecule has 42 heavy (non-hydrogen) atoms. The number of rotatable bonds is 4. The number of pyridine rings is 3. The Morgan fingerprint density at radius 1 is 0.952 bits per heavy atom. The molecule has 7 aromatic rings. The first kappa shape index (κ1) is 24.1. The molecule has 11 heteroatoms. The average Bonchev–Trinajstić information content (AvgIpc) is 3.76. The van der Waals surface area contributed by atoms with Gasteiger partial charge in [-0.2, -0.15) is 5.10 Å². The van der Waals surface area contributed by atoms with Gasteiger partial charge in [0.1, 0.15) is 11.3 Å². The van der Waals surface area contributed by atoms with E-state index in [-0.39, 0.29) is 11.6 Å². The molecule has 0 radical (unpaired) electrons. The van der Waals surface area contributed by atoms with Crippen LogP contribution in [-0.4, -0.2) is 43.8 Å². The van der Waals surface area contributed by atoms with Gasteiger partial charge in [0.15, 0.2) is 17.3 Å². The molecule has 2 N–H and O–H groups in total. The summed E-state index contributed by atoms with van der Waals surface area (Å²) >= 11 is 0. The molecule has 1 atom stereocenters. The highest BCUT2D eigenvalue weighted by molar-refractivity contribution is 5.83. The summed E-state index contributed by atoms with van der Waals surface area (Å²) in [6.45, 7) is 1.89. The van der Waals surface area contributed by atoms with Gasteiger partial charge in [0, 0.05) is 36.2 Å². The van der Waals surface area contributed by atoms with E-state index in [4.69, 9.17) is 15.7 Å². The molecule has 0 aliphatic heterocycles. The molecule has 0 amide bonds. The number of aromatic nitrogens is 9. The second-order valence-corrected chi connectivity index (χ2v) is 10.4. The van der Waals surface area contributed by atoms with E-state index in [0.29, 0.717) is 39.6 Å². The van der Waals surface area contributed by atoms with E-state index in [9.17, 15) is 4.79 Å². The van der Waals surface area contributed by atoms with Crippen molar-refractivity contribution in [2.24, 2.45) is 0 Å². The lowest BCUT2D eigenvalue weighted by Crippen LogP contribution is -2.25. The van der Waals surface area contributed by atoms with Crippen molar-refractivity contribution in [2.75, 3.05) is 5.73 Å². The van der Waals surface area contributed by atoms with Crippen LogP contribution >= 0.6 is 0 Å². The number of fused-ring (bicyclic) bond motifs is 3. The van der Waals surface area contributed by atoms with Crippen LogP contribution in [0.2, 0.25) is 0 Å². The molecule has 0 fully saturated rings. The van der Waals surface area contributed by atoms with Crippen LogP contribution in [0.15, 0.2) is 90.5 Å². The van der Waals surface area contributed by atoms with Crippen LogP contribution < -0.4 is 11.3 Å². The Bertz CT molecular complexity index is 2210. The zero-order valence-electron chi connectivity index (χ0n) is 22.6. The molecule has 0 saturated heterocycles. The molecule has 1 aliphatic rings. The fourth-order valence-electron chi connectivity index (χ4n) is 5.88. The Labute approximate surface area is 239 Å². The van der Waals surface area contributed by atoms with E-state index in [1.165, 1.54) is 0 Å². The van der Waals surface area contributed by atoms with Crippen LogP contribution in [0, 0.1) is 6.92 Å². The molecule has 0 saturated carbocycles. The zero-order valence-corrected chi connectivity index (χ0v) is 22.6. The monoisotopic (exact) mass is 552 g/mol. The molecular formula is C31H24N10O. The van der Waals surface area contributed by atoms with Crippen molar-refractivity contribution >= 4 is 27.9 Å². The normalized spacial score (nSPS) is 14.5. The van der Waals surface area contributed by atoms with Gasteiger partial charge >= 0.3 is 0 Å². The van der Waals surface area contributed by atoms with Gasteiger partial charge in [0.25, 0.3) is 5.56 Å². The van der Waals surface area contributed by atoms with E-state index in [1.54, 1.807) is 34.2 Å². The predicted octanol–water partition coefficient (Wildman–Crippen LogP) is 4.20. The molecule has 1 aromatic carbocycles. The van der Waals surface area contributed by atoms with Gasteiger partial charge in [0.2, 0.25) is 0 Å². The highest BCUT2D eigenvalue weighted by Gasteiger charge is 2.27. The first-order valence-electron chi connectivity index (χ1n) is 13.6. The van der Waals surface area contributed by atoms with Crippen molar-refractivity contribution in [2.45, 2.75) is 25.8 Å². The van der Waals surface area contributed by atoms with Crippen molar-refractivity contribution in [3.63, 3.8) is 0 Å². The fraction of sp³-hybridized carbons (Fsp3) is 0.129. The summed E-state index contributed by atoms with van der Waals surface area (Å²) < 4.78 is 5.46. The Hall–Kier alpha value is -5.71. The maximum absolute atomic E-state index is 13.4. The summed E-state index contributed by atoms with van der Waals surface area (Å²) in [5.41, 5.74) is 13.0. The summed E-state index contributed by atoms with van der Waals surface area (Å²) in [6.07, 6.45) is 10.1. The SMILES string of the molecule is Cc1cc2ncn(C3CCc4cc(-n5c(-c6cccnc6N)nc6ccc(-n7cccn7)nc65)ccc43)c(=O)c2cn1. The Morgan fingerprint density at radius 3 is 2.74 bits per heavy atom. The third-order valence-corrected chi connectivity index (χ3v) is 7.88. The Kier molecular flexibility index (Phi) is 5.26. The quantitative estimate of drug-likeness (QED) is 0.343. The first-order chi connectivity index (χ1) is 20.5. The maximum Gasteiger partial charge on any atom is 0.263 e. The van der Waals surface area contributed by atoms with Crippen LogP contribution in [0.4, 0.5) is 5.82 Å². The molecule has 6 heterocycles. The second kappa shape index (κ2) is 9.16. The van der Waals surface area contributed by atoms with Crippen molar-refractivity contribution in [1.82, 2.24) is 43.8 Å². The van der Waals surface area contributed by atoms with E-state index in [2.05, 4.69) is 32.2 Å². The first-order valence-corrected chi connectivity index (χ1v) is 13.6. The van der Waals surface area contributed by atoms with Crippen molar-refractivity contribution < 1.29 is 0 Å². The number of benzene rings is 1. The number of anilines is 1. The fourth-order valence-corrected chi connectivity index (χ4v) is 5.88. The van der Waals surface area contributed by atoms with Crippen LogP contribution in [0.1, 0.15) is 29.3 Å². The number of imidazole rings is 1. The topological polar surface area (TPSA) is 135 Å². The van der Waals surface area contributed by atoms with Crippen LogP contribution in [0.3, 0.4) is 0 Å². The molecular weight excluding hydrogens is 528 g/mol. The third-order valence-electron chi connectivity index (χ3n) is 7.88. The van der Waals surface area contributed by atoms with Gasteiger partial charge in [0.05, 0.1) is 28.8 Å². The van der Waals surface area contributed by atoms with E-state index >= 15 is 0 Å². The number of hydrogen-bond acceptors (Lipinski definition) is 8. The van der Waals surface area contributed by atoms with E-state index in [1.807, 2.05) is 60.2 Å². The summed E-state index contributed by atoms with van der Waals surface area (Å²) in [6, 6.07) is 17.4. The Balaban J connectivity index is 1.28. The van der Waals surface area contributed by atoms with Gasteiger partial charge in [-0.05, 0) is 79.4 Å². The average molecular weight is 553 g/mol. The number of nitrogen functional groups attached to an aromatic ring is 1. The minimum atomic E-state index is -0.114. The predicted molar refractivity (Wildman–Crippen MR) is 159 cm³/mol. The molecule has 6 aromatic heterocycles. The van der Waals surface area contributed by atoms with E-state index in [0.717, 1.165) is 40.9 Å². The minimum absolute atomic E-state index is 0.0836. The third kappa shape index (κ3) is 3.70. The van der Waals surface area contributed by atoms with Crippen molar-refractivity contribution in [3.05, 3.63) is 113 Å². The molecule has 204 valence electrons. The van der Waals surface area contributed by atoms with Gasteiger partial charge < -0.3 is 5.73 Å². The lowest BCUT2D eigenvalue weighted by Gasteiger charge is -2.17. The van der Waals surface area contributed by atoms with Gasteiger partial charge in [-0.3, -0.25) is 18.9 Å². The minimum Gasteiger partial charge on any atom is -0.383 e. The van der Waals surface area contributed by atoms with Crippen LogP contribution in [0.25, 0.3) is 45.0 Å². The molecule has 0 bridgehead atoms. The van der Waals surface area contributed by atoms with Crippen LogP contribution in [-0.2, 0) is 6.42 Å².